The summed E-state index contributed by atoms with van der Waals surface area (Å²) in [6, 6.07) is -0.825. The Balaban J connectivity index is 4.32. The van der Waals surface area contributed by atoms with Crippen molar-refractivity contribution in [3.8, 4) is 0 Å². The molecule has 0 aromatic carbocycles. The Morgan fingerprint density at radius 2 is 1.89 bits per heavy atom. The van der Waals surface area contributed by atoms with E-state index in [2.05, 4.69) is 10.1 Å². The molecule has 0 saturated heterocycles. The van der Waals surface area contributed by atoms with Gasteiger partial charge in [-0.3, -0.25) is 14.4 Å². The van der Waals surface area contributed by atoms with Crippen LogP contribution in [0.1, 0.15) is 33.6 Å². The summed E-state index contributed by atoms with van der Waals surface area (Å²) in [5, 5.41) is 2.48. The zero-order valence-corrected chi connectivity index (χ0v) is 11.4. The molecule has 0 aromatic rings. The third-order valence-corrected chi connectivity index (χ3v) is 2.28. The van der Waals surface area contributed by atoms with Crippen molar-refractivity contribution in [2.45, 2.75) is 39.7 Å². The quantitative estimate of drug-likeness (QED) is 0.548. The average molecular weight is 255 g/mol. The first kappa shape index (κ1) is 16.4. The molecule has 0 aliphatic carbocycles. The molecule has 0 saturated carbocycles. The molecule has 0 rings (SSSR count). The van der Waals surface area contributed by atoms with Crippen LogP contribution in [0, 0.1) is 5.92 Å². The third kappa shape index (κ3) is 7.60. The Morgan fingerprint density at radius 1 is 1.28 bits per heavy atom. The highest BCUT2D eigenvalue weighted by atomic mass is 16.5. The van der Waals surface area contributed by atoms with Crippen LogP contribution in [0.3, 0.4) is 0 Å². The summed E-state index contributed by atoms with van der Waals surface area (Å²) >= 11 is 0. The number of allylic oxidation sites excluding steroid dienone is 1. The monoisotopic (exact) mass is 255 g/mol. The summed E-state index contributed by atoms with van der Waals surface area (Å²) in [6.07, 6.45) is 3.77. The second kappa shape index (κ2) is 8.44. The number of ketones is 1. The smallest absolute Gasteiger partial charge is 0.308 e. The molecule has 0 aromatic heterocycles. The van der Waals surface area contributed by atoms with Crippen LogP contribution in [-0.2, 0) is 19.1 Å². The Kier molecular flexibility index (Phi) is 7.67. The molecule has 102 valence electrons. The zero-order chi connectivity index (χ0) is 14.1. The normalized spacial score (nSPS) is 12.5. The van der Waals surface area contributed by atoms with Gasteiger partial charge in [0.15, 0.2) is 5.78 Å². The van der Waals surface area contributed by atoms with Crippen LogP contribution < -0.4 is 5.32 Å². The average Bonchev–Trinajstić information content (AvgIpc) is 2.27. The first-order valence-corrected chi connectivity index (χ1v) is 5.91. The molecule has 0 radical (unpaired) electrons. The number of carbonyl (C=O) groups is 3. The van der Waals surface area contributed by atoms with Crippen LogP contribution in [0.4, 0.5) is 0 Å². The van der Waals surface area contributed by atoms with E-state index in [-0.39, 0.29) is 18.1 Å². The summed E-state index contributed by atoms with van der Waals surface area (Å²) in [6.45, 7) is 5.40. The van der Waals surface area contributed by atoms with E-state index >= 15 is 0 Å². The Bertz CT molecular complexity index is 334. The minimum Gasteiger partial charge on any atom is -0.469 e. The number of amides is 1. The highest BCUT2D eigenvalue weighted by molar-refractivity contribution is 5.94. The number of carbonyl (C=O) groups excluding carboxylic acids is 3. The van der Waals surface area contributed by atoms with Crippen LogP contribution in [0.2, 0.25) is 0 Å². The maximum Gasteiger partial charge on any atom is 0.308 e. The molecule has 0 heterocycles. The lowest BCUT2D eigenvalue weighted by Crippen LogP contribution is -2.40. The van der Waals surface area contributed by atoms with Crippen molar-refractivity contribution in [2.24, 2.45) is 5.92 Å². The molecular weight excluding hydrogens is 234 g/mol. The van der Waals surface area contributed by atoms with Crippen molar-refractivity contribution < 1.29 is 19.1 Å². The van der Waals surface area contributed by atoms with E-state index in [0.717, 1.165) is 6.42 Å². The highest BCUT2D eigenvalue weighted by Gasteiger charge is 2.19. The second-order valence-corrected chi connectivity index (χ2v) is 4.48. The number of ether oxygens (including phenoxy) is 1. The molecule has 0 bridgehead atoms. The van der Waals surface area contributed by atoms with Gasteiger partial charge in [-0.15, -0.1) is 0 Å². The van der Waals surface area contributed by atoms with Gasteiger partial charge in [0, 0.05) is 0 Å². The van der Waals surface area contributed by atoms with Crippen molar-refractivity contribution in [1.82, 2.24) is 5.32 Å². The molecule has 0 aliphatic rings. The van der Waals surface area contributed by atoms with Gasteiger partial charge in [-0.25, -0.2) is 0 Å². The number of rotatable bonds is 7. The predicted octanol–water partition coefficient (Wildman–Crippen LogP) is 1.23. The van der Waals surface area contributed by atoms with Gasteiger partial charge in [0.2, 0.25) is 5.91 Å². The summed E-state index contributed by atoms with van der Waals surface area (Å²) in [4.78, 5) is 33.8. The molecule has 5 heteroatoms. The molecule has 1 amide bonds. The van der Waals surface area contributed by atoms with Gasteiger partial charge in [-0.1, -0.05) is 19.9 Å². The topological polar surface area (TPSA) is 72.5 Å². The van der Waals surface area contributed by atoms with Gasteiger partial charge in [-0.05, 0) is 25.3 Å². The van der Waals surface area contributed by atoms with Gasteiger partial charge in [0.05, 0.1) is 19.6 Å². The van der Waals surface area contributed by atoms with Crippen molar-refractivity contribution in [2.75, 3.05) is 7.11 Å². The summed E-state index contributed by atoms with van der Waals surface area (Å²) < 4.78 is 4.46. The second-order valence-electron chi connectivity index (χ2n) is 4.48. The van der Waals surface area contributed by atoms with Crippen molar-refractivity contribution in [1.29, 1.82) is 0 Å². The van der Waals surface area contributed by atoms with Crippen LogP contribution in [0.5, 0.6) is 0 Å². The van der Waals surface area contributed by atoms with E-state index in [9.17, 15) is 14.4 Å². The first-order chi connectivity index (χ1) is 8.36. The molecule has 1 atom stereocenters. The van der Waals surface area contributed by atoms with Crippen LogP contribution >= 0.6 is 0 Å². The number of methoxy groups -OCH3 is 1. The van der Waals surface area contributed by atoms with Crippen LogP contribution in [-0.4, -0.2) is 30.8 Å². The van der Waals surface area contributed by atoms with E-state index in [1.807, 2.05) is 13.8 Å². The largest absolute Gasteiger partial charge is 0.469 e. The van der Waals surface area contributed by atoms with Gasteiger partial charge in [0.25, 0.3) is 0 Å². The summed E-state index contributed by atoms with van der Waals surface area (Å²) in [5.41, 5.74) is 0. The number of hydrogen-bond acceptors (Lipinski definition) is 4. The fraction of sp³-hybridized carbons (Fsp3) is 0.615. The van der Waals surface area contributed by atoms with E-state index in [4.69, 9.17) is 0 Å². The Morgan fingerprint density at radius 3 is 2.33 bits per heavy atom. The van der Waals surface area contributed by atoms with Gasteiger partial charge in [0.1, 0.15) is 0 Å². The van der Waals surface area contributed by atoms with E-state index in [1.54, 1.807) is 6.08 Å². The maximum absolute atomic E-state index is 11.5. The lowest BCUT2D eigenvalue weighted by atomic mass is 10.1. The number of esters is 1. The highest BCUT2D eigenvalue weighted by Crippen LogP contribution is 2.00. The number of hydrogen-bond donors (Lipinski definition) is 1. The standard InChI is InChI=1S/C13H21NO4/c1-9(2)6-5-7-12(16)14-11(10(3)15)8-13(17)18-4/h5,7,9,11H,6,8H2,1-4H3,(H,14,16). The van der Waals surface area contributed by atoms with Crippen LogP contribution in [0.15, 0.2) is 12.2 Å². The van der Waals surface area contributed by atoms with Gasteiger partial charge in [-0.2, -0.15) is 0 Å². The molecular formula is C13H21NO4. The fourth-order valence-corrected chi connectivity index (χ4v) is 1.21. The van der Waals surface area contributed by atoms with Crippen molar-refractivity contribution in [3.63, 3.8) is 0 Å². The SMILES string of the molecule is COC(=O)CC(NC(=O)C=CCC(C)C)C(C)=O. The van der Waals surface area contributed by atoms with E-state index in [0.29, 0.717) is 5.92 Å². The number of nitrogens with one attached hydrogen (secondary N) is 1. The minimum absolute atomic E-state index is 0.143. The minimum atomic E-state index is -0.825. The third-order valence-electron chi connectivity index (χ3n) is 2.28. The molecule has 0 fully saturated rings. The lowest BCUT2D eigenvalue weighted by molar-refractivity contribution is -0.142. The van der Waals surface area contributed by atoms with Crippen molar-refractivity contribution >= 4 is 17.7 Å². The molecule has 0 spiro atoms. The molecule has 18 heavy (non-hydrogen) atoms. The Hall–Kier alpha value is -1.65. The Labute approximate surface area is 108 Å². The zero-order valence-electron chi connectivity index (χ0n) is 11.4. The summed E-state index contributed by atoms with van der Waals surface area (Å²) in [5.74, 6) is -0.708. The van der Waals surface area contributed by atoms with E-state index < -0.39 is 12.0 Å². The molecule has 0 aliphatic heterocycles. The first-order valence-electron chi connectivity index (χ1n) is 5.91. The number of Topliss-reactive ketones (excluding diaryl/α,β-unsaturated/α-hetero) is 1. The van der Waals surface area contributed by atoms with Crippen molar-refractivity contribution in [3.05, 3.63) is 12.2 Å². The lowest BCUT2D eigenvalue weighted by Gasteiger charge is -2.13. The molecule has 1 unspecified atom stereocenters. The van der Waals surface area contributed by atoms with Gasteiger partial charge >= 0.3 is 5.97 Å². The molecule has 5 nitrogen and oxygen atoms in total. The fourth-order valence-electron chi connectivity index (χ4n) is 1.21. The maximum atomic E-state index is 11.5. The summed E-state index contributed by atoms with van der Waals surface area (Å²) in [7, 11) is 1.24. The predicted molar refractivity (Wildman–Crippen MR) is 67.8 cm³/mol. The molecule has 1 N–H and O–H groups in total. The van der Waals surface area contributed by atoms with Crippen LogP contribution in [0.25, 0.3) is 0 Å². The van der Waals surface area contributed by atoms with Gasteiger partial charge < -0.3 is 10.1 Å². The van der Waals surface area contributed by atoms with E-state index in [1.165, 1.54) is 20.1 Å².